The average molecular weight is 413 g/mol. The highest BCUT2D eigenvalue weighted by Crippen LogP contribution is 2.24. The van der Waals surface area contributed by atoms with Crippen LogP contribution in [0.4, 0.5) is 5.69 Å². The summed E-state index contributed by atoms with van der Waals surface area (Å²) in [6.45, 7) is 0.879. The Bertz CT molecular complexity index is 742. The molecule has 3 aromatic rings. The molecule has 6 heteroatoms. The first-order valence-electron chi connectivity index (χ1n) is 6.11. The van der Waals surface area contributed by atoms with E-state index >= 15 is 0 Å². The molecule has 20 heavy (non-hydrogen) atoms. The Kier molecular flexibility index (Phi) is 4.33. The smallest absolute Gasteiger partial charge is 0.112 e. The van der Waals surface area contributed by atoms with Crippen molar-refractivity contribution in [3.63, 3.8) is 0 Å². The topological polar surface area (TPSA) is 37.8 Å². The number of thiophene rings is 1. The Morgan fingerprint density at radius 3 is 2.85 bits per heavy atom. The highest BCUT2D eigenvalue weighted by atomic mass is 79.9. The van der Waals surface area contributed by atoms with Crippen molar-refractivity contribution >= 4 is 59.9 Å². The highest BCUT2D eigenvalue weighted by molar-refractivity contribution is 9.11. The molecule has 0 fully saturated rings. The Morgan fingerprint density at radius 2 is 2.05 bits per heavy atom. The third kappa shape index (κ3) is 3.19. The maximum absolute atomic E-state index is 4.43. The zero-order valence-electron chi connectivity index (χ0n) is 10.4. The summed E-state index contributed by atoms with van der Waals surface area (Å²) >= 11 is 8.67. The van der Waals surface area contributed by atoms with E-state index in [0.717, 1.165) is 34.2 Å². The minimum Gasteiger partial charge on any atom is -0.383 e. The van der Waals surface area contributed by atoms with Gasteiger partial charge in [0.2, 0.25) is 0 Å². The van der Waals surface area contributed by atoms with E-state index in [1.807, 2.05) is 12.1 Å². The molecular weight excluding hydrogens is 402 g/mol. The molecule has 0 saturated carbocycles. The van der Waals surface area contributed by atoms with Crippen LogP contribution in [0, 0.1) is 0 Å². The number of hydrogen-bond donors (Lipinski definition) is 1. The lowest BCUT2D eigenvalue weighted by Crippen LogP contribution is -2.05. The number of nitrogens with one attached hydrogen (secondary N) is 1. The van der Waals surface area contributed by atoms with Crippen molar-refractivity contribution in [3.05, 3.63) is 49.8 Å². The van der Waals surface area contributed by atoms with E-state index < -0.39 is 0 Å². The highest BCUT2D eigenvalue weighted by Gasteiger charge is 2.04. The second-order valence-corrected chi connectivity index (χ2v) is 7.73. The molecule has 1 N–H and O–H groups in total. The maximum Gasteiger partial charge on any atom is 0.112 e. The van der Waals surface area contributed by atoms with E-state index in [2.05, 4.69) is 59.3 Å². The van der Waals surface area contributed by atoms with Gasteiger partial charge in [0.25, 0.3) is 0 Å². The van der Waals surface area contributed by atoms with Crippen LogP contribution in [0.25, 0.3) is 11.0 Å². The number of hydrogen-bond acceptors (Lipinski definition) is 4. The minimum atomic E-state index is 0.879. The molecule has 3 rings (SSSR count). The van der Waals surface area contributed by atoms with Gasteiger partial charge < -0.3 is 5.32 Å². The van der Waals surface area contributed by atoms with Gasteiger partial charge in [0.1, 0.15) is 5.52 Å². The molecule has 0 aromatic carbocycles. The Hall–Kier alpha value is -0.980. The summed E-state index contributed by atoms with van der Waals surface area (Å²) in [4.78, 5) is 10.1. The summed E-state index contributed by atoms with van der Waals surface area (Å²) in [6.07, 6.45) is 4.60. The molecule has 0 spiro atoms. The third-order valence-corrected chi connectivity index (χ3v) is 4.98. The molecule has 3 heterocycles. The molecule has 0 unspecified atom stereocenters. The predicted octanol–water partition coefficient (Wildman–Crippen LogP) is 4.87. The minimum absolute atomic E-state index is 0.879. The molecule has 3 nitrogen and oxygen atoms in total. The van der Waals surface area contributed by atoms with Crippen molar-refractivity contribution in [2.24, 2.45) is 0 Å². The maximum atomic E-state index is 4.43. The average Bonchev–Trinajstić information content (AvgIpc) is 2.84. The van der Waals surface area contributed by atoms with Gasteiger partial charge >= 0.3 is 0 Å². The molecule has 0 bridgehead atoms. The van der Waals surface area contributed by atoms with Gasteiger partial charge in [0.15, 0.2) is 0 Å². The molecule has 0 aliphatic heterocycles. The first-order chi connectivity index (χ1) is 9.72. The van der Waals surface area contributed by atoms with Crippen molar-refractivity contribution in [3.8, 4) is 0 Å². The summed E-state index contributed by atoms with van der Waals surface area (Å²) in [5.74, 6) is 0. The van der Waals surface area contributed by atoms with Crippen LogP contribution in [0.2, 0.25) is 0 Å². The van der Waals surface area contributed by atoms with Crippen LogP contribution in [0.1, 0.15) is 4.88 Å². The second-order valence-electron chi connectivity index (χ2n) is 4.26. The van der Waals surface area contributed by atoms with E-state index in [9.17, 15) is 0 Å². The number of anilines is 1. The second kappa shape index (κ2) is 6.20. The number of rotatable bonds is 4. The van der Waals surface area contributed by atoms with Gasteiger partial charge in [-0.15, -0.1) is 11.3 Å². The fourth-order valence-corrected chi connectivity index (χ4v) is 3.76. The molecule has 3 aromatic heterocycles. The number of aromatic nitrogens is 2. The molecule has 0 atom stereocenters. The van der Waals surface area contributed by atoms with Crippen molar-refractivity contribution in [1.82, 2.24) is 9.97 Å². The molecule has 0 aliphatic carbocycles. The summed E-state index contributed by atoms with van der Waals surface area (Å²) in [7, 11) is 0. The van der Waals surface area contributed by atoms with Crippen LogP contribution in [0.3, 0.4) is 0 Å². The Morgan fingerprint density at radius 1 is 1.15 bits per heavy atom. The Balaban J connectivity index is 1.74. The van der Waals surface area contributed by atoms with Gasteiger partial charge in [0, 0.05) is 28.3 Å². The normalized spacial score (nSPS) is 10.9. The van der Waals surface area contributed by atoms with E-state index in [4.69, 9.17) is 0 Å². The van der Waals surface area contributed by atoms with E-state index in [1.165, 1.54) is 8.66 Å². The zero-order valence-corrected chi connectivity index (χ0v) is 14.4. The fraction of sp³-hybridized carbons (Fsp3) is 0.143. The van der Waals surface area contributed by atoms with Crippen molar-refractivity contribution in [2.45, 2.75) is 6.42 Å². The van der Waals surface area contributed by atoms with Crippen LogP contribution >= 0.6 is 43.2 Å². The van der Waals surface area contributed by atoms with Gasteiger partial charge in [-0.1, -0.05) is 0 Å². The summed E-state index contributed by atoms with van der Waals surface area (Å²) < 4.78 is 2.12. The zero-order chi connectivity index (χ0) is 13.9. The van der Waals surface area contributed by atoms with Crippen LogP contribution in [-0.2, 0) is 6.42 Å². The van der Waals surface area contributed by atoms with E-state index in [1.54, 1.807) is 23.7 Å². The monoisotopic (exact) mass is 411 g/mol. The molecule has 0 aliphatic rings. The van der Waals surface area contributed by atoms with Gasteiger partial charge in [-0.3, -0.25) is 9.97 Å². The van der Waals surface area contributed by atoms with Crippen LogP contribution in [-0.4, -0.2) is 16.5 Å². The predicted molar refractivity (Wildman–Crippen MR) is 91.5 cm³/mol. The Labute approximate surface area is 137 Å². The van der Waals surface area contributed by atoms with Gasteiger partial charge in [0.05, 0.1) is 15.0 Å². The summed E-state index contributed by atoms with van der Waals surface area (Å²) in [6, 6.07) is 8.18. The summed E-state index contributed by atoms with van der Waals surface area (Å²) in [5, 5.41) is 3.44. The number of nitrogens with zero attached hydrogens (tertiary/aromatic N) is 2. The number of halogens is 2. The van der Waals surface area contributed by atoms with Crippen LogP contribution < -0.4 is 5.32 Å². The first-order valence-corrected chi connectivity index (χ1v) is 8.51. The van der Waals surface area contributed by atoms with Crippen LogP contribution in [0.5, 0.6) is 0 Å². The largest absolute Gasteiger partial charge is 0.383 e. The van der Waals surface area contributed by atoms with Crippen molar-refractivity contribution in [1.29, 1.82) is 0 Å². The van der Waals surface area contributed by atoms with E-state index in [-0.39, 0.29) is 0 Å². The molecular formula is C14H11Br2N3S. The first kappa shape index (κ1) is 14.0. The molecule has 0 amide bonds. The van der Waals surface area contributed by atoms with Gasteiger partial charge in [-0.2, -0.15) is 0 Å². The molecule has 0 saturated heterocycles. The van der Waals surface area contributed by atoms with Crippen LogP contribution in [0.15, 0.2) is 44.9 Å². The molecule has 0 radical (unpaired) electrons. The number of pyridine rings is 2. The quantitative estimate of drug-likeness (QED) is 0.664. The SMILES string of the molecule is Brc1cnc2c(NCCc3ccc(Br)s3)ccnc2c1. The lowest BCUT2D eigenvalue weighted by atomic mass is 10.2. The number of fused-ring (bicyclic) bond motifs is 1. The lowest BCUT2D eigenvalue weighted by Gasteiger charge is -2.08. The van der Waals surface area contributed by atoms with Gasteiger partial charge in [-0.05, 0) is 62.5 Å². The van der Waals surface area contributed by atoms with Crippen molar-refractivity contribution in [2.75, 3.05) is 11.9 Å². The van der Waals surface area contributed by atoms with E-state index in [0.29, 0.717) is 0 Å². The van der Waals surface area contributed by atoms with Crippen molar-refractivity contribution < 1.29 is 0 Å². The lowest BCUT2D eigenvalue weighted by molar-refractivity contribution is 1.04. The summed E-state index contributed by atoms with van der Waals surface area (Å²) in [5.41, 5.74) is 2.82. The third-order valence-electron chi connectivity index (χ3n) is 2.86. The van der Waals surface area contributed by atoms with Gasteiger partial charge in [-0.25, -0.2) is 0 Å². The standard InChI is InChI=1S/C14H11Br2N3S/c15-9-7-12-14(19-8-9)11(4-6-18-12)17-5-3-10-1-2-13(16)20-10/h1-2,4,6-8H,3,5H2,(H,17,18). The molecule has 102 valence electrons. The fourth-order valence-electron chi connectivity index (χ4n) is 1.95.